The average molecular weight is 347 g/mol. The fourth-order valence-corrected chi connectivity index (χ4v) is 3.33. The maximum Gasteiger partial charge on any atom is 0.115 e. The van der Waals surface area contributed by atoms with Gasteiger partial charge in [0.15, 0.2) is 0 Å². The molecule has 1 N–H and O–H groups in total. The van der Waals surface area contributed by atoms with Gasteiger partial charge in [0.2, 0.25) is 0 Å². The van der Waals surface area contributed by atoms with Crippen LogP contribution in [0.25, 0.3) is 0 Å². The van der Waals surface area contributed by atoms with Gasteiger partial charge in [-0.25, -0.2) is 0 Å². The minimum atomic E-state index is 0.417. The van der Waals surface area contributed by atoms with Crippen molar-refractivity contribution < 1.29 is 5.11 Å². The van der Waals surface area contributed by atoms with E-state index in [4.69, 9.17) is 0 Å². The number of benzene rings is 1. The number of hydrogen-bond acceptors (Lipinski definition) is 1. The Morgan fingerprint density at radius 2 is 1.36 bits per heavy atom. The van der Waals surface area contributed by atoms with Crippen LogP contribution >= 0.6 is 0 Å². The monoisotopic (exact) mass is 346 g/mol. The molecule has 0 aliphatic heterocycles. The molecule has 0 amide bonds. The number of phenols is 1. The molecule has 0 aromatic heterocycles. The zero-order chi connectivity index (χ0) is 18.9. The fraction of sp³-hybridized carbons (Fsp3) is 0.750. The Balaban J connectivity index is 2.44. The van der Waals surface area contributed by atoms with Crippen molar-refractivity contribution in [1.29, 1.82) is 0 Å². The van der Waals surface area contributed by atoms with Crippen LogP contribution in [0.1, 0.15) is 104 Å². The van der Waals surface area contributed by atoms with Gasteiger partial charge in [0, 0.05) is 0 Å². The highest BCUT2D eigenvalue weighted by Gasteiger charge is 2.14. The summed E-state index contributed by atoms with van der Waals surface area (Å²) in [6.45, 7) is 14.0. The lowest BCUT2D eigenvalue weighted by molar-refractivity contribution is 0.309. The summed E-state index contributed by atoms with van der Waals surface area (Å²) >= 11 is 0. The molecular weight excluding hydrogens is 304 g/mol. The van der Waals surface area contributed by atoms with Gasteiger partial charge in [0.1, 0.15) is 5.75 Å². The molecule has 0 atom stereocenters. The minimum absolute atomic E-state index is 0.417. The first-order valence-electron chi connectivity index (χ1n) is 10.4. The predicted octanol–water partition coefficient (Wildman–Crippen LogP) is 7.69. The second-order valence-electron chi connectivity index (χ2n) is 9.80. The highest BCUT2D eigenvalue weighted by molar-refractivity contribution is 5.35. The van der Waals surface area contributed by atoms with Crippen molar-refractivity contribution >= 4 is 0 Å². The van der Waals surface area contributed by atoms with Crippen molar-refractivity contribution in [2.75, 3.05) is 0 Å². The van der Waals surface area contributed by atoms with Gasteiger partial charge in [-0.2, -0.15) is 0 Å². The highest BCUT2D eigenvalue weighted by atomic mass is 16.3. The third kappa shape index (κ3) is 9.92. The zero-order valence-corrected chi connectivity index (χ0v) is 17.8. The molecule has 1 heteroatoms. The third-order valence-corrected chi connectivity index (χ3v) is 5.57. The molecule has 0 fully saturated rings. The quantitative estimate of drug-likeness (QED) is 0.407. The van der Waals surface area contributed by atoms with Gasteiger partial charge in [-0.1, -0.05) is 73.3 Å². The molecule has 0 aliphatic carbocycles. The van der Waals surface area contributed by atoms with Crippen LogP contribution in [0, 0.1) is 10.8 Å². The van der Waals surface area contributed by atoms with Crippen molar-refractivity contribution in [3.63, 3.8) is 0 Å². The first kappa shape index (κ1) is 22.1. The molecule has 144 valence electrons. The molecule has 1 nitrogen and oxygen atoms in total. The molecule has 0 heterocycles. The molecule has 0 spiro atoms. The predicted molar refractivity (Wildman–Crippen MR) is 111 cm³/mol. The number of hydrogen-bond donors (Lipinski definition) is 1. The Morgan fingerprint density at radius 3 is 2.00 bits per heavy atom. The fourth-order valence-electron chi connectivity index (χ4n) is 3.33. The van der Waals surface area contributed by atoms with E-state index in [2.05, 4.69) is 47.6 Å². The second kappa shape index (κ2) is 10.2. The first-order chi connectivity index (χ1) is 11.6. The van der Waals surface area contributed by atoms with Crippen molar-refractivity contribution in [3.05, 3.63) is 29.3 Å². The van der Waals surface area contributed by atoms with Crippen molar-refractivity contribution in [1.82, 2.24) is 0 Å². The van der Waals surface area contributed by atoms with Gasteiger partial charge in [0.25, 0.3) is 0 Å². The standard InChI is InChI=1S/C24H42O/c1-7-24(5,6)18-12-10-13-20-15-16-22(25)19-21(20)14-9-8-11-17-23(2,3)4/h15-16,19,25H,7-14,17-18H2,1-6H3. The van der Waals surface area contributed by atoms with Crippen molar-refractivity contribution in [2.45, 2.75) is 106 Å². The average Bonchev–Trinajstić information content (AvgIpc) is 2.51. The molecule has 0 bridgehead atoms. The minimum Gasteiger partial charge on any atom is -0.508 e. The maximum atomic E-state index is 9.86. The van der Waals surface area contributed by atoms with Gasteiger partial charge in [0.05, 0.1) is 0 Å². The summed E-state index contributed by atoms with van der Waals surface area (Å²) in [5.74, 6) is 0.417. The van der Waals surface area contributed by atoms with Gasteiger partial charge in [-0.05, 0) is 72.6 Å². The van der Waals surface area contributed by atoms with E-state index in [1.807, 2.05) is 12.1 Å². The molecule has 0 saturated heterocycles. The maximum absolute atomic E-state index is 9.86. The third-order valence-electron chi connectivity index (χ3n) is 5.57. The summed E-state index contributed by atoms with van der Waals surface area (Å²) in [7, 11) is 0. The molecule has 0 aliphatic rings. The van der Waals surface area contributed by atoms with Crippen LogP contribution in [-0.2, 0) is 12.8 Å². The number of unbranched alkanes of at least 4 members (excludes halogenated alkanes) is 3. The normalized spacial score (nSPS) is 12.6. The summed E-state index contributed by atoms with van der Waals surface area (Å²) in [5, 5.41) is 9.86. The summed E-state index contributed by atoms with van der Waals surface area (Å²) in [6.07, 6.45) is 12.5. The van der Waals surface area contributed by atoms with Crippen LogP contribution in [0.3, 0.4) is 0 Å². The van der Waals surface area contributed by atoms with E-state index in [1.54, 1.807) is 0 Å². The van der Waals surface area contributed by atoms with Gasteiger partial charge < -0.3 is 5.11 Å². The van der Waals surface area contributed by atoms with Crippen LogP contribution < -0.4 is 0 Å². The Morgan fingerprint density at radius 1 is 0.760 bits per heavy atom. The Kier molecular flexibility index (Phi) is 9.03. The summed E-state index contributed by atoms with van der Waals surface area (Å²) in [4.78, 5) is 0. The molecule has 25 heavy (non-hydrogen) atoms. The number of rotatable bonds is 11. The van der Waals surface area contributed by atoms with Crippen LogP contribution in [0.15, 0.2) is 18.2 Å². The highest BCUT2D eigenvalue weighted by Crippen LogP contribution is 2.28. The molecule has 1 aromatic rings. The summed E-state index contributed by atoms with van der Waals surface area (Å²) < 4.78 is 0. The van der Waals surface area contributed by atoms with E-state index < -0.39 is 0 Å². The van der Waals surface area contributed by atoms with E-state index >= 15 is 0 Å². The lowest BCUT2D eigenvalue weighted by Crippen LogP contribution is -2.09. The largest absolute Gasteiger partial charge is 0.508 e. The lowest BCUT2D eigenvalue weighted by atomic mass is 9.84. The molecule has 1 aromatic carbocycles. The topological polar surface area (TPSA) is 20.2 Å². The Hall–Kier alpha value is -0.980. The zero-order valence-electron chi connectivity index (χ0n) is 17.8. The van der Waals surface area contributed by atoms with E-state index in [0.29, 0.717) is 16.6 Å². The number of phenolic OH excluding ortho intramolecular Hbond substituents is 1. The molecule has 0 unspecified atom stereocenters. The van der Waals surface area contributed by atoms with E-state index in [9.17, 15) is 5.11 Å². The van der Waals surface area contributed by atoms with E-state index in [0.717, 1.165) is 12.8 Å². The SMILES string of the molecule is CCC(C)(C)CCCCc1ccc(O)cc1CCCCCC(C)(C)C. The van der Waals surface area contributed by atoms with Gasteiger partial charge in [-0.15, -0.1) is 0 Å². The van der Waals surface area contributed by atoms with Gasteiger partial charge in [-0.3, -0.25) is 0 Å². The summed E-state index contributed by atoms with van der Waals surface area (Å²) in [6, 6.07) is 5.99. The van der Waals surface area contributed by atoms with E-state index in [-0.39, 0.29) is 0 Å². The van der Waals surface area contributed by atoms with Crippen LogP contribution in [0.2, 0.25) is 0 Å². The van der Waals surface area contributed by atoms with Crippen LogP contribution in [-0.4, -0.2) is 5.11 Å². The van der Waals surface area contributed by atoms with Crippen molar-refractivity contribution in [2.24, 2.45) is 10.8 Å². The summed E-state index contributed by atoms with van der Waals surface area (Å²) in [5.41, 5.74) is 3.74. The van der Waals surface area contributed by atoms with E-state index in [1.165, 1.54) is 62.5 Å². The van der Waals surface area contributed by atoms with Crippen LogP contribution in [0.4, 0.5) is 0 Å². The molecule has 0 radical (unpaired) electrons. The molecule has 0 saturated carbocycles. The number of aromatic hydroxyl groups is 1. The Bertz CT molecular complexity index is 493. The first-order valence-corrected chi connectivity index (χ1v) is 10.4. The Labute approximate surface area is 157 Å². The number of aryl methyl sites for hydroxylation is 2. The van der Waals surface area contributed by atoms with Gasteiger partial charge >= 0.3 is 0 Å². The van der Waals surface area contributed by atoms with Crippen molar-refractivity contribution in [3.8, 4) is 5.75 Å². The van der Waals surface area contributed by atoms with Crippen LogP contribution in [0.5, 0.6) is 5.75 Å². The molecule has 1 rings (SSSR count). The lowest BCUT2D eigenvalue weighted by Gasteiger charge is -2.22. The smallest absolute Gasteiger partial charge is 0.115 e. The molecular formula is C24H42O. The second-order valence-corrected chi connectivity index (χ2v) is 9.80.